The molecule has 0 aliphatic carbocycles. The van der Waals surface area contributed by atoms with Crippen molar-refractivity contribution in [1.29, 1.82) is 0 Å². The molecule has 2 heterocycles. The van der Waals surface area contributed by atoms with Crippen molar-refractivity contribution in [2.45, 2.75) is 26.8 Å². The van der Waals surface area contributed by atoms with Crippen molar-refractivity contribution in [3.63, 3.8) is 0 Å². The Morgan fingerprint density at radius 3 is 2.74 bits per heavy atom. The third-order valence-corrected chi connectivity index (χ3v) is 4.42. The van der Waals surface area contributed by atoms with Gasteiger partial charge in [0.15, 0.2) is 5.13 Å². The first-order valence-corrected chi connectivity index (χ1v) is 8.37. The Balaban J connectivity index is 1.81. The van der Waals surface area contributed by atoms with Crippen LogP contribution >= 0.6 is 11.3 Å². The fourth-order valence-corrected chi connectivity index (χ4v) is 3.12. The molecule has 2 aromatic heterocycles. The van der Waals surface area contributed by atoms with Gasteiger partial charge in [0.05, 0.1) is 29.7 Å². The highest BCUT2D eigenvalue weighted by Gasteiger charge is 2.17. The number of amides is 1. The number of benzene rings is 1. The Kier molecular flexibility index (Phi) is 4.52. The number of rotatable bonds is 5. The summed E-state index contributed by atoms with van der Waals surface area (Å²) in [6.07, 6.45) is 2.38. The van der Waals surface area contributed by atoms with Crippen molar-refractivity contribution < 1.29 is 4.79 Å². The van der Waals surface area contributed by atoms with Crippen molar-refractivity contribution in [2.24, 2.45) is 0 Å². The van der Waals surface area contributed by atoms with Crippen molar-refractivity contribution in [2.75, 3.05) is 5.32 Å². The van der Waals surface area contributed by atoms with Crippen LogP contribution in [0.25, 0.3) is 0 Å². The standard InChI is InChI=1S/C17H18N4OS/c1-3-15-14(16(22)20-17-19-12(2)11-23-17)9-18-21(15)10-13-7-5-4-6-8-13/h4-9,11H,3,10H2,1-2H3,(H,19,20,22). The molecular formula is C17H18N4OS. The van der Waals surface area contributed by atoms with Gasteiger partial charge in [-0.05, 0) is 18.9 Å². The van der Waals surface area contributed by atoms with Crippen LogP contribution in [0.4, 0.5) is 5.13 Å². The molecule has 3 aromatic rings. The predicted octanol–water partition coefficient (Wildman–Crippen LogP) is 3.51. The zero-order valence-corrected chi connectivity index (χ0v) is 13.9. The lowest BCUT2D eigenvalue weighted by molar-refractivity contribution is 0.102. The Bertz CT molecular complexity index is 807. The first-order valence-electron chi connectivity index (χ1n) is 7.49. The third kappa shape index (κ3) is 3.48. The van der Waals surface area contributed by atoms with Crippen LogP contribution in [-0.4, -0.2) is 20.7 Å². The van der Waals surface area contributed by atoms with E-state index in [1.807, 2.05) is 42.1 Å². The number of thiazole rings is 1. The van der Waals surface area contributed by atoms with Crippen molar-refractivity contribution in [3.8, 4) is 0 Å². The van der Waals surface area contributed by atoms with Crippen LogP contribution in [0.3, 0.4) is 0 Å². The maximum absolute atomic E-state index is 12.5. The molecule has 0 unspecified atom stereocenters. The average Bonchev–Trinajstić information content (AvgIpc) is 3.14. The van der Waals surface area contributed by atoms with Crippen molar-refractivity contribution in [3.05, 3.63) is 64.4 Å². The van der Waals surface area contributed by atoms with Gasteiger partial charge in [0.2, 0.25) is 0 Å². The molecule has 0 aliphatic rings. The van der Waals surface area contributed by atoms with Crippen LogP contribution in [0.1, 0.15) is 34.2 Å². The summed E-state index contributed by atoms with van der Waals surface area (Å²) in [6.45, 7) is 4.60. The fraction of sp³-hybridized carbons (Fsp3) is 0.235. The number of hydrogen-bond donors (Lipinski definition) is 1. The minimum absolute atomic E-state index is 0.157. The van der Waals surface area contributed by atoms with Crippen LogP contribution in [-0.2, 0) is 13.0 Å². The molecule has 23 heavy (non-hydrogen) atoms. The Labute approximate surface area is 139 Å². The lowest BCUT2D eigenvalue weighted by atomic mass is 10.2. The first kappa shape index (κ1) is 15.4. The molecule has 5 nitrogen and oxygen atoms in total. The number of carbonyl (C=O) groups is 1. The number of aromatic nitrogens is 3. The predicted molar refractivity (Wildman–Crippen MR) is 92.0 cm³/mol. The van der Waals surface area contributed by atoms with E-state index in [0.717, 1.165) is 23.4 Å². The number of aryl methyl sites for hydroxylation is 1. The van der Waals surface area contributed by atoms with Gasteiger partial charge in [0.1, 0.15) is 0 Å². The van der Waals surface area contributed by atoms with E-state index in [9.17, 15) is 4.79 Å². The number of anilines is 1. The lowest BCUT2D eigenvalue weighted by Gasteiger charge is -2.08. The summed E-state index contributed by atoms with van der Waals surface area (Å²) in [5, 5.41) is 9.76. The summed E-state index contributed by atoms with van der Waals surface area (Å²) in [7, 11) is 0. The molecule has 0 saturated carbocycles. The Morgan fingerprint density at radius 1 is 1.30 bits per heavy atom. The number of carbonyl (C=O) groups excluding carboxylic acids is 1. The maximum atomic E-state index is 12.5. The van der Waals surface area contributed by atoms with Gasteiger partial charge >= 0.3 is 0 Å². The smallest absolute Gasteiger partial charge is 0.260 e. The van der Waals surface area contributed by atoms with Crippen LogP contribution in [0.15, 0.2) is 41.9 Å². The SMILES string of the molecule is CCc1c(C(=O)Nc2nc(C)cs2)cnn1Cc1ccccc1. The molecular weight excluding hydrogens is 308 g/mol. The minimum atomic E-state index is -0.157. The van der Waals surface area contributed by atoms with Gasteiger partial charge in [-0.25, -0.2) is 4.98 Å². The summed E-state index contributed by atoms with van der Waals surface area (Å²) in [6, 6.07) is 10.1. The zero-order chi connectivity index (χ0) is 16.2. The summed E-state index contributed by atoms with van der Waals surface area (Å²) in [5.74, 6) is -0.157. The van der Waals surface area contributed by atoms with Crippen LogP contribution in [0.5, 0.6) is 0 Å². The topological polar surface area (TPSA) is 59.8 Å². The van der Waals surface area contributed by atoms with E-state index in [0.29, 0.717) is 17.2 Å². The molecule has 1 N–H and O–H groups in total. The zero-order valence-electron chi connectivity index (χ0n) is 13.1. The van der Waals surface area contributed by atoms with Gasteiger partial charge in [0.25, 0.3) is 5.91 Å². The third-order valence-electron chi connectivity index (χ3n) is 3.54. The van der Waals surface area contributed by atoms with Gasteiger partial charge < -0.3 is 0 Å². The van der Waals surface area contributed by atoms with Crippen LogP contribution in [0.2, 0.25) is 0 Å². The van der Waals surface area contributed by atoms with Crippen LogP contribution < -0.4 is 5.32 Å². The molecule has 0 atom stereocenters. The van der Waals surface area contributed by atoms with Gasteiger partial charge in [-0.2, -0.15) is 5.10 Å². The second-order valence-electron chi connectivity index (χ2n) is 5.25. The summed E-state index contributed by atoms with van der Waals surface area (Å²) >= 11 is 1.43. The second kappa shape index (κ2) is 6.75. The van der Waals surface area contributed by atoms with E-state index in [-0.39, 0.29) is 5.91 Å². The largest absolute Gasteiger partial charge is 0.298 e. The van der Waals surface area contributed by atoms with E-state index < -0.39 is 0 Å². The van der Waals surface area contributed by atoms with E-state index in [4.69, 9.17) is 0 Å². The number of nitrogens with zero attached hydrogens (tertiary/aromatic N) is 3. The Morgan fingerprint density at radius 2 is 2.09 bits per heavy atom. The van der Waals surface area contributed by atoms with Gasteiger partial charge in [-0.1, -0.05) is 37.3 Å². The molecule has 0 saturated heterocycles. The summed E-state index contributed by atoms with van der Waals surface area (Å²) in [4.78, 5) is 16.7. The van der Waals surface area contributed by atoms with Crippen LogP contribution in [0, 0.1) is 6.92 Å². The molecule has 1 amide bonds. The molecule has 118 valence electrons. The molecule has 0 bridgehead atoms. The minimum Gasteiger partial charge on any atom is -0.298 e. The highest BCUT2D eigenvalue weighted by molar-refractivity contribution is 7.13. The van der Waals surface area contributed by atoms with Gasteiger partial charge in [-0.15, -0.1) is 11.3 Å². The van der Waals surface area contributed by atoms with Crippen molar-refractivity contribution >= 4 is 22.4 Å². The highest BCUT2D eigenvalue weighted by Crippen LogP contribution is 2.18. The molecule has 0 spiro atoms. The van der Waals surface area contributed by atoms with Crippen molar-refractivity contribution in [1.82, 2.24) is 14.8 Å². The summed E-state index contributed by atoms with van der Waals surface area (Å²) < 4.78 is 1.89. The van der Waals surface area contributed by atoms with E-state index in [1.165, 1.54) is 11.3 Å². The highest BCUT2D eigenvalue weighted by atomic mass is 32.1. The molecule has 1 aromatic carbocycles. The normalized spacial score (nSPS) is 10.7. The quantitative estimate of drug-likeness (QED) is 0.780. The molecule has 0 radical (unpaired) electrons. The molecule has 3 rings (SSSR count). The first-order chi connectivity index (χ1) is 11.2. The monoisotopic (exact) mass is 326 g/mol. The van der Waals surface area contributed by atoms with E-state index in [1.54, 1.807) is 6.20 Å². The fourth-order valence-electron chi connectivity index (χ4n) is 2.44. The Hall–Kier alpha value is -2.47. The molecule has 6 heteroatoms. The maximum Gasteiger partial charge on any atom is 0.260 e. The second-order valence-corrected chi connectivity index (χ2v) is 6.11. The molecule has 0 fully saturated rings. The lowest BCUT2D eigenvalue weighted by Crippen LogP contribution is -2.15. The number of hydrogen-bond acceptors (Lipinski definition) is 4. The summed E-state index contributed by atoms with van der Waals surface area (Å²) in [5.41, 5.74) is 3.60. The van der Waals surface area contributed by atoms with E-state index in [2.05, 4.69) is 27.5 Å². The molecule has 0 aliphatic heterocycles. The van der Waals surface area contributed by atoms with Gasteiger partial charge in [-0.3, -0.25) is 14.8 Å². The van der Waals surface area contributed by atoms with E-state index >= 15 is 0 Å². The average molecular weight is 326 g/mol. The van der Waals surface area contributed by atoms with Gasteiger partial charge in [0, 0.05) is 5.38 Å². The number of nitrogens with one attached hydrogen (secondary N) is 1.